The molecule has 0 aliphatic rings. The molecule has 0 spiro atoms. The van der Waals surface area contributed by atoms with Gasteiger partial charge in [0, 0.05) is 6.07 Å². The maximum atomic E-state index is 12.2. The Balaban J connectivity index is 3.14. The molecule has 1 aromatic rings. The van der Waals surface area contributed by atoms with Crippen molar-refractivity contribution in [2.75, 3.05) is 11.8 Å². The number of hydrogen-bond acceptors (Lipinski definition) is 4. The molecule has 0 aliphatic carbocycles. The fourth-order valence-electron chi connectivity index (χ4n) is 1.19. The molecule has 8 heteroatoms. The maximum absolute atomic E-state index is 12.2. The van der Waals surface area contributed by atoms with Gasteiger partial charge in [0.2, 0.25) is 10.0 Å². The summed E-state index contributed by atoms with van der Waals surface area (Å²) in [5, 5.41) is -0.710. The fraction of sp³-hybridized carbons (Fsp3) is 0.455. The number of rotatable bonds is 6. The highest BCUT2D eigenvalue weighted by Crippen LogP contribution is 2.31. The number of anilines is 1. The highest BCUT2D eigenvalue weighted by atomic mass is 32.2. The van der Waals surface area contributed by atoms with Crippen molar-refractivity contribution in [2.45, 2.75) is 25.7 Å². The minimum atomic E-state index is -3.66. The molecule has 1 aromatic carbocycles. The smallest absolute Gasteiger partial charge is 0.387 e. The van der Waals surface area contributed by atoms with Crippen molar-refractivity contribution in [1.29, 1.82) is 0 Å². The number of benzene rings is 1. The van der Waals surface area contributed by atoms with Crippen LogP contribution in [0.2, 0.25) is 0 Å². The van der Waals surface area contributed by atoms with Crippen LogP contribution in [0.25, 0.3) is 0 Å². The van der Waals surface area contributed by atoms with E-state index in [1.54, 1.807) is 0 Å². The van der Waals surface area contributed by atoms with Gasteiger partial charge in [-0.05, 0) is 26.0 Å². The van der Waals surface area contributed by atoms with Crippen LogP contribution < -0.4 is 14.2 Å². The number of nitrogens with one attached hydrogen (secondary N) is 1. The van der Waals surface area contributed by atoms with Gasteiger partial charge < -0.3 is 9.47 Å². The second-order valence-electron chi connectivity index (χ2n) is 3.94. The second kappa shape index (κ2) is 6.05. The zero-order chi connectivity index (χ0) is 14.6. The summed E-state index contributed by atoms with van der Waals surface area (Å²) in [5.41, 5.74) is -0.0895. The fourth-order valence-corrected chi connectivity index (χ4v) is 1.89. The molecular formula is C11H15F2NO4S. The van der Waals surface area contributed by atoms with Crippen molar-refractivity contribution in [3.63, 3.8) is 0 Å². The van der Waals surface area contributed by atoms with Gasteiger partial charge in [-0.1, -0.05) is 0 Å². The summed E-state index contributed by atoms with van der Waals surface area (Å²) in [6.07, 6.45) is 0. The predicted molar refractivity (Wildman–Crippen MR) is 67.3 cm³/mol. The second-order valence-corrected chi connectivity index (χ2v) is 6.17. The van der Waals surface area contributed by atoms with Crippen molar-refractivity contribution in [1.82, 2.24) is 0 Å². The van der Waals surface area contributed by atoms with Gasteiger partial charge in [-0.3, -0.25) is 4.72 Å². The molecule has 0 heterocycles. The lowest BCUT2D eigenvalue weighted by molar-refractivity contribution is -0.0493. The summed E-state index contributed by atoms with van der Waals surface area (Å²) in [6.45, 7) is -0.109. The van der Waals surface area contributed by atoms with Crippen LogP contribution in [0.1, 0.15) is 13.8 Å². The number of methoxy groups -OCH3 is 1. The average Bonchev–Trinajstić information content (AvgIpc) is 2.30. The summed E-state index contributed by atoms with van der Waals surface area (Å²) in [6, 6.07) is 3.88. The number of alkyl halides is 2. The van der Waals surface area contributed by atoms with Gasteiger partial charge in [0.1, 0.15) is 11.5 Å². The minimum Gasteiger partial charge on any atom is -0.497 e. The van der Waals surface area contributed by atoms with Crippen LogP contribution in [-0.4, -0.2) is 27.4 Å². The molecule has 108 valence electrons. The topological polar surface area (TPSA) is 64.6 Å². The summed E-state index contributed by atoms with van der Waals surface area (Å²) in [5.74, 6) is 0.0584. The SMILES string of the molecule is COc1ccc(OC(F)F)c(NS(=O)(=O)C(C)C)c1. The van der Waals surface area contributed by atoms with Gasteiger partial charge in [-0.2, -0.15) is 8.78 Å². The van der Waals surface area contributed by atoms with Gasteiger partial charge in [0.15, 0.2) is 0 Å². The van der Waals surface area contributed by atoms with E-state index in [0.717, 1.165) is 0 Å². The molecule has 1 rings (SSSR count). The molecule has 0 saturated heterocycles. The lowest BCUT2D eigenvalue weighted by atomic mass is 10.3. The number of halogens is 2. The van der Waals surface area contributed by atoms with Gasteiger partial charge in [-0.25, -0.2) is 8.42 Å². The number of hydrogen-bond donors (Lipinski definition) is 1. The molecule has 0 unspecified atom stereocenters. The van der Waals surface area contributed by atoms with E-state index in [-0.39, 0.29) is 11.4 Å². The van der Waals surface area contributed by atoms with E-state index in [1.165, 1.54) is 39.2 Å². The van der Waals surface area contributed by atoms with Crippen molar-refractivity contribution < 1.29 is 26.7 Å². The Bertz CT molecular complexity index is 531. The first-order valence-electron chi connectivity index (χ1n) is 5.40. The Labute approximate surface area is 110 Å². The molecule has 1 N–H and O–H groups in total. The summed E-state index contributed by atoms with van der Waals surface area (Å²) in [7, 11) is -2.29. The number of ether oxygens (including phenoxy) is 2. The Morgan fingerprint density at radius 3 is 2.37 bits per heavy atom. The quantitative estimate of drug-likeness (QED) is 0.875. The van der Waals surface area contributed by atoms with E-state index in [1.807, 2.05) is 0 Å². The van der Waals surface area contributed by atoms with E-state index in [9.17, 15) is 17.2 Å². The molecular weight excluding hydrogens is 280 g/mol. The molecule has 0 amide bonds. The van der Waals surface area contributed by atoms with Crippen LogP contribution in [0.5, 0.6) is 11.5 Å². The first-order valence-corrected chi connectivity index (χ1v) is 6.95. The van der Waals surface area contributed by atoms with E-state index < -0.39 is 21.9 Å². The van der Waals surface area contributed by atoms with Crippen molar-refractivity contribution in [3.05, 3.63) is 18.2 Å². The van der Waals surface area contributed by atoms with Crippen LogP contribution in [0.15, 0.2) is 18.2 Å². The zero-order valence-corrected chi connectivity index (χ0v) is 11.5. The first kappa shape index (κ1) is 15.5. The monoisotopic (exact) mass is 295 g/mol. The third-order valence-corrected chi connectivity index (χ3v) is 4.02. The van der Waals surface area contributed by atoms with Crippen LogP contribution in [-0.2, 0) is 10.0 Å². The van der Waals surface area contributed by atoms with Crippen LogP contribution >= 0.6 is 0 Å². The zero-order valence-electron chi connectivity index (χ0n) is 10.7. The van der Waals surface area contributed by atoms with Crippen LogP contribution in [0, 0.1) is 0 Å². The third kappa shape index (κ3) is 4.23. The Hall–Kier alpha value is -1.57. The molecule has 0 saturated carbocycles. The summed E-state index contributed by atoms with van der Waals surface area (Å²) < 4.78 is 59.3. The van der Waals surface area contributed by atoms with Crippen molar-refractivity contribution in [3.8, 4) is 11.5 Å². The van der Waals surface area contributed by atoms with E-state index in [0.29, 0.717) is 5.75 Å². The van der Waals surface area contributed by atoms with Gasteiger partial charge in [-0.15, -0.1) is 0 Å². The van der Waals surface area contributed by atoms with Gasteiger partial charge in [0.25, 0.3) is 0 Å². The van der Waals surface area contributed by atoms with E-state index in [2.05, 4.69) is 9.46 Å². The first-order chi connectivity index (χ1) is 8.76. The standard InChI is InChI=1S/C11H15F2NO4S/c1-7(2)19(15,16)14-9-6-8(17-3)4-5-10(9)18-11(12)13/h4-7,11,14H,1-3H3. The lowest BCUT2D eigenvalue weighted by Gasteiger charge is -2.15. The van der Waals surface area contributed by atoms with Crippen molar-refractivity contribution in [2.24, 2.45) is 0 Å². The van der Waals surface area contributed by atoms with Crippen LogP contribution in [0.4, 0.5) is 14.5 Å². The normalized spacial score (nSPS) is 11.7. The summed E-state index contributed by atoms with van der Waals surface area (Å²) in [4.78, 5) is 0. The molecule has 0 fully saturated rings. The average molecular weight is 295 g/mol. The Morgan fingerprint density at radius 1 is 1.26 bits per heavy atom. The maximum Gasteiger partial charge on any atom is 0.387 e. The van der Waals surface area contributed by atoms with Crippen LogP contribution in [0.3, 0.4) is 0 Å². The lowest BCUT2D eigenvalue weighted by Crippen LogP contribution is -2.23. The molecule has 5 nitrogen and oxygen atoms in total. The predicted octanol–water partition coefficient (Wildman–Crippen LogP) is 2.45. The van der Waals surface area contributed by atoms with E-state index in [4.69, 9.17) is 4.74 Å². The minimum absolute atomic E-state index is 0.0895. The van der Waals surface area contributed by atoms with E-state index >= 15 is 0 Å². The molecule has 0 bridgehead atoms. The Morgan fingerprint density at radius 2 is 1.89 bits per heavy atom. The number of sulfonamides is 1. The highest BCUT2D eigenvalue weighted by Gasteiger charge is 2.19. The van der Waals surface area contributed by atoms with Gasteiger partial charge in [0.05, 0.1) is 18.0 Å². The van der Waals surface area contributed by atoms with Crippen molar-refractivity contribution >= 4 is 15.7 Å². The third-order valence-electron chi connectivity index (χ3n) is 2.28. The molecule has 0 aliphatic heterocycles. The molecule has 0 radical (unpaired) electrons. The largest absolute Gasteiger partial charge is 0.497 e. The highest BCUT2D eigenvalue weighted by molar-refractivity contribution is 7.93. The molecule has 0 atom stereocenters. The summed E-state index contributed by atoms with van der Waals surface area (Å²) >= 11 is 0. The van der Waals surface area contributed by atoms with Gasteiger partial charge >= 0.3 is 6.61 Å². The molecule has 19 heavy (non-hydrogen) atoms. The molecule has 0 aromatic heterocycles. The Kier molecular flexibility index (Phi) is 4.93.